The molecule has 4 heteroatoms. The third-order valence-corrected chi connectivity index (χ3v) is 6.09. The molecule has 2 nitrogen and oxygen atoms in total. The van der Waals surface area contributed by atoms with Crippen molar-refractivity contribution in [1.82, 2.24) is 9.78 Å². The predicted octanol–water partition coefficient (Wildman–Crippen LogP) is 5.04. The van der Waals surface area contributed by atoms with Crippen LogP contribution in [-0.2, 0) is 11.8 Å². The minimum atomic E-state index is 0.0293. The van der Waals surface area contributed by atoms with Gasteiger partial charge in [-0.1, -0.05) is 56.1 Å². The van der Waals surface area contributed by atoms with Crippen molar-refractivity contribution in [3.8, 4) is 0 Å². The summed E-state index contributed by atoms with van der Waals surface area (Å²) in [7, 11) is 0. The summed E-state index contributed by atoms with van der Waals surface area (Å²) in [4.78, 5) is 0. The van der Waals surface area contributed by atoms with Crippen LogP contribution >= 0.6 is 31.9 Å². The molecule has 1 heterocycles. The molecule has 0 saturated heterocycles. The van der Waals surface area contributed by atoms with E-state index in [9.17, 15) is 0 Å². The summed E-state index contributed by atoms with van der Waals surface area (Å²) in [5.74, 6) is 0. The van der Waals surface area contributed by atoms with Crippen LogP contribution in [0, 0.1) is 6.92 Å². The summed E-state index contributed by atoms with van der Waals surface area (Å²) in [5, 5.41) is 6.54. The lowest BCUT2D eigenvalue weighted by Gasteiger charge is -2.31. The summed E-state index contributed by atoms with van der Waals surface area (Å²) in [6.45, 7) is 6.49. The highest BCUT2D eigenvalue weighted by atomic mass is 79.9. The molecule has 0 aliphatic carbocycles. The molecule has 0 atom stereocenters. The van der Waals surface area contributed by atoms with Crippen molar-refractivity contribution in [2.24, 2.45) is 0 Å². The van der Waals surface area contributed by atoms with Crippen molar-refractivity contribution in [2.45, 2.75) is 38.6 Å². The molecule has 0 radical (unpaired) electrons. The molecule has 2 rings (SSSR count). The van der Waals surface area contributed by atoms with Crippen LogP contribution in [0.1, 0.15) is 36.7 Å². The maximum Gasteiger partial charge on any atom is 0.0634 e. The fraction of sp³-hybridized carbons (Fsp3) is 0.471. The molecule has 0 spiro atoms. The molecule has 114 valence electrons. The number of aryl methyl sites for hydroxylation is 1. The average molecular weight is 414 g/mol. The van der Waals surface area contributed by atoms with Gasteiger partial charge in [-0.3, -0.25) is 4.68 Å². The van der Waals surface area contributed by atoms with Crippen molar-refractivity contribution < 1.29 is 0 Å². The Labute approximate surface area is 144 Å². The Morgan fingerprint density at radius 3 is 2.33 bits per heavy atom. The van der Waals surface area contributed by atoms with Crippen LogP contribution in [0.5, 0.6) is 0 Å². The Balaban J connectivity index is 2.36. The zero-order valence-electron chi connectivity index (χ0n) is 12.8. The number of nitrogens with zero attached hydrogens (tertiary/aromatic N) is 2. The van der Waals surface area contributed by atoms with Gasteiger partial charge in [0.25, 0.3) is 0 Å². The van der Waals surface area contributed by atoms with Gasteiger partial charge in [-0.25, -0.2) is 0 Å². The van der Waals surface area contributed by atoms with Crippen LogP contribution in [0.4, 0.5) is 0 Å². The van der Waals surface area contributed by atoms with Gasteiger partial charge in [0, 0.05) is 34.7 Å². The molecular weight excluding hydrogens is 392 g/mol. The standard InChI is InChI=1S/C17H22Br2N2/c1-13(2)21-9-8-15(20-21)10-17(11-18,12-19)16-7-5-4-6-14(16)3/h4-9,13H,10-12H2,1-3H3. The Kier molecular flexibility index (Phi) is 5.67. The van der Waals surface area contributed by atoms with Crippen molar-refractivity contribution in [2.75, 3.05) is 10.7 Å². The highest BCUT2D eigenvalue weighted by Gasteiger charge is 2.32. The van der Waals surface area contributed by atoms with E-state index in [0.717, 1.165) is 22.8 Å². The van der Waals surface area contributed by atoms with Gasteiger partial charge >= 0.3 is 0 Å². The second-order valence-electron chi connectivity index (χ2n) is 5.92. The van der Waals surface area contributed by atoms with Crippen LogP contribution in [-0.4, -0.2) is 20.4 Å². The van der Waals surface area contributed by atoms with E-state index in [2.05, 4.69) is 89.2 Å². The summed E-state index contributed by atoms with van der Waals surface area (Å²) in [5.41, 5.74) is 3.89. The summed E-state index contributed by atoms with van der Waals surface area (Å²) in [6, 6.07) is 11.2. The van der Waals surface area contributed by atoms with Crippen LogP contribution < -0.4 is 0 Å². The summed E-state index contributed by atoms with van der Waals surface area (Å²) < 4.78 is 2.03. The van der Waals surface area contributed by atoms with E-state index in [1.54, 1.807) is 0 Å². The van der Waals surface area contributed by atoms with E-state index in [-0.39, 0.29) is 5.41 Å². The summed E-state index contributed by atoms with van der Waals surface area (Å²) >= 11 is 7.47. The number of benzene rings is 1. The first kappa shape index (κ1) is 16.8. The number of rotatable bonds is 6. The number of hydrogen-bond acceptors (Lipinski definition) is 1. The van der Waals surface area contributed by atoms with Crippen LogP contribution in [0.2, 0.25) is 0 Å². The summed E-state index contributed by atoms with van der Waals surface area (Å²) in [6.07, 6.45) is 3.00. The molecule has 1 aromatic carbocycles. The lowest BCUT2D eigenvalue weighted by molar-refractivity contribution is 0.501. The molecule has 0 fully saturated rings. The fourth-order valence-electron chi connectivity index (χ4n) is 2.64. The SMILES string of the molecule is Cc1ccccc1C(CBr)(CBr)Cc1ccn(C(C)C)n1. The zero-order valence-corrected chi connectivity index (χ0v) is 16.0. The molecule has 21 heavy (non-hydrogen) atoms. The van der Waals surface area contributed by atoms with Gasteiger partial charge in [0.1, 0.15) is 0 Å². The van der Waals surface area contributed by atoms with Gasteiger partial charge in [0.15, 0.2) is 0 Å². The Bertz CT molecular complexity index is 586. The molecule has 0 amide bonds. The second-order valence-corrected chi connectivity index (χ2v) is 7.04. The first-order valence-electron chi connectivity index (χ1n) is 7.24. The quantitative estimate of drug-likeness (QED) is 0.606. The molecular formula is C17H22Br2N2. The molecule has 0 unspecified atom stereocenters. The monoisotopic (exact) mass is 412 g/mol. The topological polar surface area (TPSA) is 17.8 Å². The fourth-order valence-corrected chi connectivity index (χ4v) is 4.57. The van der Waals surface area contributed by atoms with Gasteiger partial charge in [0.2, 0.25) is 0 Å². The Morgan fingerprint density at radius 2 is 1.81 bits per heavy atom. The number of hydrogen-bond donors (Lipinski definition) is 0. The van der Waals surface area contributed by atoms with Crippen LogP contribution in [0.15, 0.2) is 36.5 Å². The highest BCUT2D eigenvalue weighted by molar-refractivity contribution is 9.09. The van der Waals surface area contributed by atoms with Gasteiger partial charge in [0.05, 0.1) is 5.69 Å². The lowest BCUT2D eigenvalue weighted by atomic mass is 9.78. The first-order chi connectivity index (χ1) is 10.0. The molecule has 0 aliphatic heterocycles. The molecule has 0 aliphatic rings. The van der Waals surface area contributed by atoms with Gasteiger partial charge in [-0.2, -0.15) is 5.10 Å². The van der Waals surface area contributed by atoms with Crippen LogP contribution in [0.25, 0.3) is 0 Å². The number of aromatic nitrogens is 2. The van der Waals surface area contributed by atoms with E-state index in [1.165, 1.54) is 11.1 Å². The largest absolute Gasteiger partial charge is 0.270 e. The first-order valence-corrected chi connectivity index (χ1v) is 9.49. The number of halogens is 2. The third-order valence-electron chi connectivity index (χ3n) is 3.94. The maximum absolute atomic E-state index is 4.72. The van der Waals surface area contributed by atoms with Crippen molar-refractivity contribution in [1.29, 1.82) is 0 Å². The minimum absolute atomic E-state index is 0.0293. The van der Waals surface area contributed by atoms with E-state index >= 15 is 0 Å². The molecule has 0 bridgehead atoms. The third kappa shape index (κ3) is 3.59. The molecule has 0 N–H and O–H groups in total. The Morgan fingerprint density at radius 1 is 1.14 bits per heavy atom. The predicted molar refractivity (Wildman–Crippen MR) is 96.8 cm³/mol. The minimum Gasteiger partial charge on any atom is -0.270 e. The Hall–Kier alpha value is -0.610. The zero-order chi connectivity index (χ0) is 15.5. The van der Waals surface area contributed by atoms with Gasteiger partial charge in [-0.05, 0) is 38.0 Å². The normalized spacial score (nSPS) is 12.1. The van der Waals surface area contributed by atoms with Gasteiger partial charge in [-0.15, -0.1) is 0 Å². The van der Waals surface area contributed by atoms with E-state index in [1.807, 2.05) is 4.68 Å². The average Bonchev–Trinajstić information content (AvgIpc) is 2.94. The van der Waals surface area contributed by atoms with Crippen LogP contribution in [0.3, 0.4) is 0 Å². The number of alkyl halides is 2. The van der Waals surface area contributed by atoms with Crippen molar-refractivity contribution in [3.63, 3.8) is 0 Å². The molecule has 2 aromatic rings. The molecule has 0 saturated carbocycles. The van der Waals surface area contributed by atoms with E-state index in [4.69, 9.17) is 5.10 Å². The maximum atomic E-state index is 4.72. The second kappa shape index (κ2) is 7.10. The lowest BCUT2D eigenvalue weighted by Crippen LogP contribution is -2.34. The van der Waals surface area contributed by atoms with E-state index in [0.29, 0.717) is 6.04 Å². The van der Waals surface area contributed by atoms with Gasteiger partial charge < -0.3 is 0 Å². The highest BCUT2D eigenvalue weighted by Crippen LogP contribution is 2.34. The smallest absolute Gasteiger partial charge is 0.0634 e. The van der Waals surface area contributed by atoms with Crippen molar-refractivity contribution in [3.05, 3.63) is 53.3 Å². The van der Waals surface area contributed by atoms with E-state index < -0.39 is 0 Å². The van der Waals surface area contributed by atoms with Crippen molar-refractivity contribution >= 4 is 31.9 Å². The molecule has 1 aromatic heterocycles.